The van der Waals surface area contributed by atoms with Gasteiger partial charge in [-0.1, -0.05) is 0 Å². The SMILES string of the molecule is O=S(=O)([O-])c1ccc(NS(=O)(=O)c2cc(I)cc(I)c2)cc1.[Na+]. The molecule has 6 nitrogen and oxygen atoms in total. The number of halogens is 2. The Kier molecular flexibility index (Phi) is 7.79. The van der Waals surface area contributed by atoms with Crippen LogP contribution in [0, 0.1) is 7.14 Å². The minimum Gasteiger partial charge on any atom is -0.744 e. The summed E-state index contributed by atoms with van der Waals surface area (Å²) in [6, 6.07) is 9.41. The second-order valence-electron chi connectivity index (χ2n) is 4.19. The monoisotopic (exact) mass is 587 g/mol. The molecule has 0 fully saturated rings. The van der Waals surface area contributed by atoms with E-state index in [9.17, 15) is 21.4 Å². The van der Waals surface area contributed by atoms with Gasteiger partial charge in [0.1, 0.15) is 10.1 Å². The fraction of sp³-hybridized carbons (Fsp3) is 0. The van der Waals surface area contributed by atoms with Gasteiger partial charge in [-0.2, -0.15) is 0 Å². The van der Waals surface area contributed by atoms with Gasteiger partial charge in [0.15, 0.2) is 0 Å². The van der Waals surface area contributed by atoms with E-state index in [4.69, 9.17) is 0 Å². The molecule has 0 atom stereocenters. The first-order valence-corrected chi connectivity index (χ1v) is 10.7. The summed E-state index contributed by atoms with van der Waals surface area (Å²) < 4.78 is 61.0. The van der Waals surface area contributed by atoms with Gasteiger partial charge in [-0.25, -0.2) is 16.8 Å². The molecule has 0 aliphatic carbocycles. The topological polar surface area (TPSA) is 103 Å². The number of sulfonamides is 1. The van der Waals surface area contributed by atoms with Gasteiger partial charge in [0, 0.05) is 12.8 Å². The molecule has 0 amide bonds. The Morgan fingerprint density at radius 2 is 1.30 bits per heavy atom. The summed E-state index contributed by atoms with van der Waals surface area (Å²) in [5.41, 5.74) is 0.168. The Bertz CT molecular complexity index is 895. The van der Waals surface area contributed by atoms with Crippen LogP contribution in [-0.4, -0.2) is 21.4 Å². The van der Waals surface area contributed by atoms with E-state index in [2.05, 4.69) is 4.72 Å². The van der Waals surface area contributed by atoms with Crippen LogP contribution in [-0.2, 0) is 20.1 Å². The normalized spacial score (nSPS) is 11.6. The number of anilines is 1. The molecule has 0 saturated heterocycles. The van der Waals surface area contributed by atoms with E-state index in [-0.39, 0.29) is 40.1 Å². The van der Waals surface area contributed by atoms with E-state index in [1.165, 1.54) is 24.3 Å². The molecule has 2 aromatic rings. The Labute approximate surface area is 183 Å². The first kappa shape index (κ1) is 21.6. The van der Waals surface area contributed by atoms with Crippen LogP contribution in [0.1, 0.15) is 0 Å². The van der Waals surface area contributed by atoms with Gasteiger partial charge >= 0.3 is 29.6 Å². The van der Waals surface area contributed by atoms with E-state index in [1.807, 2.05) is 51.2 Å². The molecule has 0 unspecified atom stereocenters. The van der Waals surface area contributed by atoms with Gasteiger partial charge < -0.3 is 4.55 Å². The number of hydrogen-bond acceptors (Lipinski definition) is 5. The molecule has 0 heterocycles. The maximum absolute atomic E-state index is 12.3. The van der Waals surface area contributed by atoms with Crippen LogP contribution in [0.2, 0.25) is 0 Å². The van der Waals surface area contributed by atoms with Gasteiger partial charge in [0.25, 0.3) is 10.0 Å². The summed E-state index contributed by atoms with van der Waals surface area (Å²) in [6.45, 7) is 0. The summed E-state index contributed by atoms with van der Waals surface area (Å²) in [5.74, 6) is 0. The van der Waals surface area contributed by atoms with Crippen LogP contribution in [0.3, 0.4) is 0 Å². The van der Waals surface area contributed by atoms with Crippen LogP contribution in [0.4, 0.5) is 5.69 Å². The number of nitrogens with one attached hydrogen (secondary N) is 1. The quantitative estimate of drug-likeness (QED) is 0.299. The molecule has 11 heteroatoms. The van der Waals surface area contributed by atoms with Crippen molar-refractivity contribution < 1.29 is 50.9 Å². The van der Waals surface area contributed by atoms with Crippen LogP contribution in [0.25, 0.3) is 0 Å². The second kappa shape index (κ2) is 8.29. The molecule has 0 radical (unpaired) electrons. The zero-order valence-corrected chi connectivity index (χ0v) is 19.6. The molecular formula is C12H8I2NNaO5S2. The molecule has 23 heavy (non-hydrogen) atoms. The number of benzene rings is 2. The Hall–Kier alpha value is 0.560. The summed E-state index contributed by atoms with van der Waals surface area (Å²) in [6.07, 6.45) is 0. The molecule has 0 spiro atoms. The van der Waals surface area contributed by atoms with E-state index < -0.39 is 25.0 Å². The molecule has 0 saturated carbocycles. The number of rotatable bonds is 4. The fourth-order valence-corrected chi connectivity index (χ4v) is 5.55. The minimum absolute atomic E-state index is 0. The third-order valence-corrected chi connectivity index (χ3v) is 6.00. The van der Waals surface area contributed by atoms with E-state index >= 15 is 0 Å². The standard InChI is InChI=1S/C12H9I2NO5S2.Na/c13-8-5-9(14)7-12(6-8)21(16,17)15-10-1-3-11(4-2-10)22(18,19)20;/h1-7,15H,(H,18,19,20);/q;+1/p-1. The second-order valence-corrected chi connectivity index (χ2v) is 9.74. The van der Waals surface area contributed by atoms with Crippen molar-refractivity contribution in [3.63, 3.8) is 0 Å². The van der Waals surface area contributed by atoms with Gasteiger partial charge in [0.05, 0.1) is 9.79 Å². The van der Waals surface area contributed by atoms with Crippen LogP contribution in [0.15, 0.2) is 52.3 Å². The van der Waals surface area contributed by atoms with Crippen molar-refractivity contribution in [1.82, 2.24) is 0 Å². The molecule has 2 rings (SSSR count). The summed E-state index contributed by atoms with van der Waals surface area (Å²) >= 11 is 4.03. The third kappa shape index (κ3) is 6.09. The predicted molar refractivity (Wildman–Crippen MR) is 97.1 cm³/mol. The van der Waals surface area contributed by atoms with Gasteiger partial charge in [0.2, 0.25) is 0 Å². The molecule has 2 aromatic carbocycles. The van der Waals surface area contributed by atoms with Crippen LogP contribution in [0.5, 0.6) is 0 Å². The summed E-state index contributed by atoms with van der Waals surface area (Å²) in [7, 11) is -8.35. The minimum atomic E-state index is -4.56. The predicted octanol–water partition coefficient (Wildman–Crippen LogP) is -0.395. The summed E-state index contributed by atoms with van der Waals surface area (Å²) in [5, 5.41) is 0. The molecular weight excluding hydrogens is 579 g/mol. The maximum Gasteiger partial charge on any atom is 1.00 e. The Morgan fingerprint density at radius 3 is 1.74 bits per heavy atom. The van der Waals surface area contributed by atoms with Crippen molar-refractivity contribution in [2.45, 2.75) is 9.79 Å². The average molecular weight is 587 g/mol. The van der Waals surface area contributed by atoms with Crippen molar-refractivity contribution in [3.8, 4) is 0 Å². The molecule has 0 aromatic heterocycles. The summed E-state index contributed by atoms with van der Waals surface area (Å²) in [4.78, 5) is -0.316. The average Bonchev–Trinajstić information content (AvgIpc) is 2.36. The molecule has 0 aliphatic rings. The van der Waals surface area contributed by atoms with Crippen molar-refractivity contribution >= 4 is 71.0 Å². The van der Waals surface area contributed by atoms with E-state index in [1.54, 1.807) is 0 Å². The van der Waals surface area contributed by atoms with Gasteiger partial charge in [-0.05, 0) is 87.6 Å². The largest absolute Gasteiger partial charge is 1.00 e. The van der Waals surface area contributed by atoms with Crippen molar-refractivity contribution in [2.24, 2.45) is 0 Å². The molecule has 1 N–H and O–H groups in total. The number of hydrogen-bond donors (Lipinski definition) is 1. The zero-order chi connectivity index (χ0) is 16.5. The Balaban J connectivity index is 0.00000264. The smallest absolute Gasteiger partial charge is 0.744 e. The van der Waals surface area contributed by atoms with Crippen molar-refractivity contribution in [2.75, 3.05) is 4.72 Å². The van der Waals surface area contributed by atoms with Gasteiger partial charge in [-0.15, -0.1) is 0 Å². The maximum atomic E-state index is 12.3. The zero-order valence-electron chi connectivity index (χ0n) is 11.7. The first-order chi connectivity index (χ1) is 10.1. The Morgan fingerprint density at radius 1 is 0.826 bits per heavy atom. The van der Waals surface area contributed by atoms with E-state index in [0.29, 0.717) is 0 Å². The van der Waals surface area contributed by atoms with E-state index in [0.717, 1.165) is 19.3 Å². The van der Waals surface area contributed by atoms with Gasteiger partial charge in [-0.3, -0.25) is 4.72 Å². The first-order valence-electron chi connectivity index (χ1n) is 5.63. The third-order valence-electron chi connectivity index (χ3n) is 2.54. The fourth-order valence-electron chi connectivity index (χ4n) is 1.59. The van der Waals surface area contributed by atoms with Crippen LogP contribution < -0.4 is 34.3 Å². The van der Waals surface area contributed by atoms with Crippen molar-refractivity contribution in [3.05, 3.63) is 49.6 Å². The molecule has 0 aliphatic heterocycles. The molecule has 0 bridgehead atoms. The molecule has 118 valence electrons. The van der Waals surface area contributed by atoms with Crippen LogP contribution >= 0.6 is 45.2 Å². The van der Waals surface area contributed by atoms with Crippen molar-refractivity contribution in [1.29, 1.82) is 0 Å².